The molecule has 0 aliphatic heterocycles. The van der Waals surface area contributed by atoms with E-state index in [2.05, 4.69) is 46.8 Å². The van der Waals surface area contributed by atoms with Crippen LogP contribution in [-0.4, -0.2) is 58.6 Å². The van der Waals surface area contributed by atoms with Gasteiger partial charge >= 0.3 is 5.97 Å². The number of amides is 1. The third-order valence-electron chi connectivity index (χ3n) is 6.14. The summed E-state index contributed by atoms with van der Waals surface area (Å²) in [4.78, 5) is 33.6. The topological polar surface area (TPSA) is 141 Å². The summed E-state index contributed by atoms with van der Waals surface area (Å²) in [5.41, 5.74) is 2.06. The van der Waals surface area contributed by atoms with Gasteiger partial charge in [0.25, 0.3) is 0 Å². The van der Waals surface area contributed by atoms with E-state index in [4.69, 9.17) is 9.84 Å². The Labute approximate surface area is 234 Å². The van der Waals surface area contributed by atoms with Gasteiger partial charge in [0, 0.05) is 37.9 Å². The summed E-state index contributed by atoms with van der Waals surface area (Å²) in [5, 5.41) is 23.6. The molecule has 1 heterocycles. The first kappa shape index (κ1) is 28.0. The SMILES string of the molecule is CN(CCCNc1nc(Nc2ccc(N=Nc3ccc(OCC(=O)O)cc3)cc2)ncc1Br)C(=O)C1CCC1. The van der Waals surface area contributed by atoms with Gasteiger partial charge in [-0.15, -0.1) is 0 Å². The van der Waals surface area contributed by atoms with Crippen LogP contribution in [0.1, 0.15) is 25.7 Å². The fourth-order valence-electron chi connectivity index (χ4n) is 3.76. The second kappa shape index (κ2) is 13.7. The summed E-state index contributed by atoms with van der Waals surface area (Å²) < 4.78 is 5.86. The van der Waals surface area contributed by atoms with E-state index in [1.807, 2.05) is 36.2 Å². The van der Waals surface area contributed by atoms with E-state index in [1.54, 1.807) is 30.5 Å². The highest BCUT2D eigenvalue weighted by Gasteiger charge is 2.27. The van der Waals surface area contributed by atoms with E-state index in [0.29, 0.717) is 42.0 Å². The van der Waals surface area contributed by atoms with Crippen LogP contribution in [0.5, 0.6) is 5.75 Å². The van der Waals surface area contributed by atoms with Gasteiger partial charge in [-0.05, 0) is 83.7 Å². The number of benzene rings is 2. The van der Waals surface area contributed by atoms with E-state index in [-0.39, 0.29) is 11.8 Å². The molecule has 1 aliphatic rings. The van der Waals surface area contributed by atoms with Crippen molar-refractivity contribution in [2.75, 3.05) is 37.4 Å². The molecule has 1 aromatic heterocycles. The number of carbonyl (C=O) groups excluding carboxylic acids is 1. The Kier molecular flexibility index (Phi) is 9.79. The molecule has 11 nitrogen and oxygen atoms in total. The molecule has 0 atom stereocenters. The summed E-state index contributed by atoms with van der Waals surface area (Å²) in [5.74, 6) is 0.998. The number of carboxylic acids is 1. The zero-order valence-electron chi connectivity index (χ0n) is 21.5. The van der Waals surface area contributed by atoms with Crippen molar-refractivity contribution in [2.24, 2.45) is 16.1 Å². The minimum atomic E-state index is -1.03. The molecule has 0 unspecified atom stereocenters. The molecule has 0 saturated heterocycles. The van der Waals surface area contributed by atoms with Crippen LogP contribution in [-0.2, 0) is 9.59 Å². The molecule has 12 heteroatoms. The molecule has 1 fully saturated rings. The second-order valence-electron chi connectivity index (χ2n) is 9.11. The van der Waals surface area contributed by atoms with Gasteiger partial charge in [0.2, 0.25) is 11.9 Å². The van der Waals surface area contributed by atoms with E-state index in [1.165, 1.54) is 0 Å². The Morgan fingerprint density at radius 1 is 1.10 bits per heavy atom. The summed E-state index contributed by atoms with van der Waals surface area (Å²) in [6.45, 7) is 0.979. The van der Waals surface area contributed by atoms with E-state index in [9.17, 15) is 9.59 Å². The van der Waals surface area contributed by atoms with Crippen LogP contribution in [0.15, 0.2) is 69.4 Å². The molecule has 3 aromatic rings. The van der Waals surface area contributed by atoms with Gasteiger partial charge in [-0.25, -0.2) is 9.78 Å². The zero-order valence-corrected chi connectivity index (χ0v) is 23.1. The molecule has 0 bridgehead atoms. The fraction of sp³-hybridized carbons (Fsp3) is 0.333. The first-order valence-corrected chi connectivity index (χ1v) is 13.4. The minimum absolute atomic E-state index is 0.218. The van der Waals surface area contributed by atoms with Gasteiger partial charge in [0.05, 0.1) is 15.8 Å². The lowest BCUT2D eigenvalue weighted by molar-refractivity contribution is -0.139. The fourth-order valence-corrected chi connectivity index (χ4v) is 4.09. The predicted molar refractivity (Wildman–Crippen MR) is 151 cm³/mol. The van der Waals surface area contributed by atoms with Gasteiger partial charge in [-0.2, -0.15) is 15.2 Å². The van der Waals surface area contributed by atoms with Gasteiger partial charge in [0.15, 0.2) is 6.61 Å². The quantitative estimate of drug-likeness (QED) is 0.163. The van der Waals surface area contributed by atoms with Gasteiger partial charge in [-0.1, -0.05) is 6.42 Å². The lowest BCUT2D eigenvalue weighted by atomic mass is 9.84. The molecule has 0 radical (unpaired) electrons. The maximum absolute atomic E-state index is 12.3. The molecule has 4 rings (SSSR count). The largest absolute Gasteiger partial charge is 0.482 e. The monoisotopic (exact) mass is 595 g/mol. The van der Waals surface area contributed by atoms with Crippen LogP contribution < -0.4 is 15.4 Å². The van der Waals surface area contributed by atoms with Crippen molar-refractivity contribution in [3.8, 4) is 5.75 Å². The van der Waals surface area contributed by atoms with Crippen LogP contribution in [0, 0.1) is 5.92 Å². The molecular formula is C27H30BrN7O4. The standard InChI is InChI=1S/C27H30BrN7O4/c1-35(26(38)18-4-2-5-18)15-3-14-29-25-23(28)16-30-27(32-25)31-19-6-8-20(9-7-19)33-34-21-10-12-22(13-11-21)39-17-24(36)37/h6-13,16,18H,2-5,14-15,17H2,1H3,(H,36,37)(H2,29,30,31,32). The highest BCUT2D eigenvalue weighted by Crippen LogP contribution is 2.28. The normalized spacial score (nSPS) is 13.1. The molecule has 2 aromatic carbocycles. The van der Waals surface area contributed by atoms with Crippen LogP contribution in [0.4, 0.5) is 28.8 Å². The van der Waals surface area contributed by atoms with E-state index >= 15 is 0 Å². The Morgan fingerprint density at radius 3 is 2.38 bits per heavy atom. The highest BCUT2D eigenvalue weighted by molar-refractivity contribution is 9.10. The molecule has 1 saturated carbocycles. The molecule has 0 spiro atoms. The van der Waals surface area contributed by atoms with Crippen molar-refractivity contribution < 1.29 is 19.4 Å². The second-order valence-corrected chi connectivity index (χ2v) is 9.96. The van der Waals surface area contributed by atoms with Gasteiger partial charge in [-0.3, -0.25) is 4.79 Å². The number of aromatic nitrogens is 2. The molecule has 39 heavy (non-hydrogen) atoms. The average Bonchev–Trinajstić information content (AvgIpc) is 2.90. The Morgan fingerprint density at radius 2 is 1.77 bits per heavy atom. The van der Waals surface area contributed by atoms with Crippen LogP contribution >= 0.6 is 15.9 Å². The number of hydrogen-bond acceptors (Lipinski definition) is 9. The maximum atomic E-state index is 12.3. The molecular weight excluding hydrogens is 566 g/mol. The number of ether oxygens (including phenoxy) is 1. The number of nitrogens with zero attached hydrogens (tertiary/aromatic N) is 5. The van der Waals surface area contributed by atoms with Crippen molar-refractivity contribution in [3.05, 3.63) is 59.2 Å². The predicted octanol–water partition coefficient (Wildman–Crippen LogP) is 5.92. The van der Waals surface area contributed by atoms with Crippen molar-refractivity contribution in [1.82, 2.24) is 14.9 Å². The van der Waals surface area contributed by atoms with E-state index < -0.39 is 12.6 Å². The number of nitrogens with one attached hydrogen (secondary N) is 2. The van der Waals surface area contributed by atoms with Crippen molar-refractivity contribution in [1.29, 1.82) is 0 Å². The van der Waals surface area contributed by atoms with Crippen molar-refractivity contribution in [2.45, 2.75) is 25.7 Å². The zero-order chi connectivity index (χ0) is 27.6. The lowest BCUT2D eigenvalue weighted by Crippen LogP contribution is -2.37. The van der Waals surface area contributed by atoms with Crippen molar-refractivity contribution in [3.63, 3.8) is 0 Å². The number of carbonyl (C=O) groups is 2. The summed E-state index contributed by atoms with van der Waals surface area (Å²) in [6, 6.07) is 14.0. The number of azo groups is 1. The number of hydrogen-bond donors (Lipinski definition) is 3. The minimum Gasteiger partial charge on any atom is -0.482 e. The van der Waals surface area contributed by atoms with E-state index in [0.717, 1.165) is 35.8 Å². The smallest absolute Gasteiger partial charge is 0.341 e. The van der Waals surface area contributed by atoms with Crippen LogP contribution in [0.3, 0.4) is 0 Å². The number of anilines is 3. The molecule has 1 amide bonds. The Hall–Kier alpha value is -4.06. The summed E-state index contributed by atoms with van der Waals surface area (Å²) in [6.07, 6.45) is 5.68. The Bertz CT molecular complexity index is 1300. The van der Waals surface area contributed by atoms with Crippen LogP contribution in [0.2, 0.25) is 0 Å². The third kappa shape index (κ3) is 8.47. The molecule has 1 aliphatic carbocycles. The van der Waals surface area contributed by atoms with Gasteiger partial charge in [0.1, 0.15) is 11.6 Å². The van der Waals surface area contributed by atoms with Crippen LogP contribution in [0.25, 0.3) is 0 Å². The molecule has 204 valence electrons. The Balaban J connectivity index is 1.25. The number of aliphatic carboxylic acids is 1. The average molecular weight is 596 g/mol. The van der Waals surface area contributed by atoms with Crippen molar-refractivity contribution >= 4 is 56.6 Å². The lowest BCUT2D eigenvalue weighted by Gasteiger charge is -2.29. The first-order chi connectivity index (χ1) is 18.9. The summed E-state index contributed by atoms with van der Waals surface area (Å²) in [7, 11) is 1.87. The molecule has 3 N–H and O–H groups in total. The third-order valence-corrected chi connectivity index (χ3v) is 6.72. The first-order valence-electron chi connectivity index (χ1n) is 12.6. The summed E-state index contributed by atoms with van der Waals surface area (Å²) >= 11 is 3.49. The maximum Gasteiger partial charge on any atom is 0.341 e. The highest BCUT2D eigenvalue weighted by atomic mass is 79.9. The number of halogens is 1. The number of carboxylic acid groups (broad SMARTS) is 1. The number of rotatable bonds is 13. The van der Waals surface area contributed by atoms with Gasteiger partial charge < -0.3 is 25.4 Å².